The molecule has 0 aromatic heterocycles. The summed E-state index contributed by atoms with van der Waals surface area (Å²) >= 11 is 0. The largest absolute Gasteiger partial charge is 0.385 e. The Labute approximate surface area is 114 Å². The number of fused-ring (bicyclic) bond motifs is 1. The van der Waals surface area contributed by atoms with Gasteiger partial charge in [0.15, 0.2) is 0 Å². The van der Waals surface area contributed by atoms with Crippen LogP contribution in [-0.2, 0) is 9.47 Å². The van der Waals surface area contributed by atoms with Gasteiger partial charge in [0.2, 0.25) is 0 Å². The van der Waals surface area contributed by atoms with E-state index in [1.54, 1.807) is 7.11 Å². The molecule has 19 heavy (non-hydrogen) atoms. The Bertz CT molecular complexity index is 513. The Hall–Kier alpha value is -1.42. The highest BCUT2D eigenvalue weighted by atomic mass is 16.5. The van der Waals surface area contributed by atoms with Gasteiger partial charge in [-0.15, -0.1) is 0 Å². The lowest BCUT2D eigenvalue weighted by Crippen LogP contribution is -2.17. The highest BCUT2D eigenvalue weighted by Crippen LogP contribution is 2.19. The van der Waals surface area contributed by atoms with Crippen LogP contribution in [0.2, 0.25) is 0 Å². The molecule has 0 spiro atoms. The number of hydrogen-bond donors (Lipinski definition) is 1. The number of nitrogens with two attached hydrogens (primary N) is 1. The molecular formula is C16H21NO2. The van der Waals surface area contributed by atoms with Gasteiger partial charge in [-0.1, -0.05) is 36.4 Å². The summed E-state index contributed by atoms with van der Waals surface area (Å²) in [5, 5.41) is 2.45. The monoisotopic (exact) mass is 259 g/mol. The SMILES string of the molecule is COCCCOCC(N)c1ccc2ccccc2c1. The predicted octanol–water partition coefficient (Wildman–Crippen LogP) is 2.89. The molecule has 2 aromatic carbocycles. The van der Waals surface area contributed by atoms with Gasteiger partial charge < -0.3 is 15.2 Å². The molecule has 0 amide bonds. The lowest BCUT2D eigenvalue weighted by Gasteiger charge is -2.13. The van der Waals surface area contributed by atoms with Crippen molar-refractivity contribution in [1.82, 2.24) is 0 Å². The van der Waals surface area contributed by atoms with Gasteiger partial charge in [-0.25, -0.2) is 0 Å². The molecule has 0 aliphatic rings. The van der Waals surface area contributed by atoms with Gasteiger partial charge >= 0.3 is 0 Å². The minimum Gasteiger partial charge on any atom is -0.385 e. The molecule has 1 unspecified atom stereocenters. The second-order valence-electron chi connectivity index (χ2n) is 4.63. The molecule has 3 nitrogen and oxygen atoms in total. The molecule has 3 heteroatoms. The van der Waals surface area contributed by atoms with Gasteiger partial charge in [0.05, 0.1) is 12.6 Å². The molecule has 0 bridgehead atoms. The zero-order valence-corrected chi connectivity index (χ0v) is 11.3. The van der Waals surface area contributed by atoms with Crippen LogP contribution >= 0.6 is 0 Å². The van der Waals surface area contributed by atoms with Gasteiger partial charge in [0, 0.05) is 20.3 Å². The van der Waals surface area contributed by atoms with Crippen LogP contribution in [0.3, 0.4) is 0 Å². The first-order chi connectivity index (χ1) is 9.31. The second kappa shape index (κ2) is 7.24. The van der Waals surface area contributed by atoms with Crippen molar-refractivity contribution in [2.24, 2.45) is 5.73 Å². The van der Waals surface area contributed by atoms with Crippen molar-refractivity contribution in [3.63, 3.8) is 0 Å². The van der Waals surface area contributed by atoms with Crippen molar-refractivity contribution >= 4 is 10.8 Å². The van der Waals surface area contributed by atoms with E-state index >= 15 is 0 Å². The summed E-state index contributed by atoms with van der Waals surface area (Å²) in [6.45, 7) is 1.96. The van der Waals surface area contributed by atoms with E-state index < -0.39 is 0 Å². The highest BCUT2D eigenvalue weighted by Gasteiger charge is 2.06. The lowest BCUT2D eigenvalue weighted by molar-refractivity contribution is 0.0940. The third-order valence-corrected chi connectivity index (χ3v) is 3.14. The lowest BCUT2D eigenvalue weighted by atomic mass is 10.0. The molecule has 0 aliphatic heterocycles. The molecule has 2 N–H and O–H groups in total. The van der Waals surface area contributed by atoms with Crippen LogP contribution in [0.15, 0.2) is 42.5 Å². The van der Waals surface area contributed by atoms with E-state index in [9.17, 15) is 0 Å². The number of hydrogen-bond acceptors (Lipinski definition) is 3. The van der Waals surface area contributed by atoms with E-state index in [2.05, 4.69) is 30.3 Å². The van der Waals surface area contributed by atoms with Crippen molar-refractivity contribution in [2.75, 3.05) is 26.9 Å². The zero-order valence-electron chi connectivity index (χ0n) is 11.3. The summed E-state index contributed by atoms with van der Waals surface area (Å²) in [6, 6.07) is 14.5. The number of rotatable bonds is 7. The minimum absolute atomic E-state index is 0.0767. The normalized spacial score (nSPS) is 12.7. The minimum atomic E-state index is -0.0767. The van der Waals surface area contributed by atoms with Crippen LogP contribution in [0.1, 0.15) is 18.0 Å². The third-order valence-electron chi connectivity index (χ3n) is 3.14. The number of benzene rings is 2. The van der Waals surface area contributed by atoms with Crippen molar-refractivity contribution < 1.29 is 9.47 Å². The van der Waals surface area contributed by atoms with Gasteiger partial charge in [-0.05, 0) is 28.8 Å². The quantitative estimate of drug-likeness (QED) is 0.778. The molecule has 2 aromatic rings. The Morgan fingerprint density at radius 2 is 1.84 bits per heavy atom. The maximum atomic E-state index is 6.14. The van der Waals surface area contributed by atoms with Crippen LogP contribution in [-0.4, -0.2) is 26.9 Å². The fourth-order valence-electron chi connectivity index (χ4n) is 2.05. The van der Waals surface area contributed by atoms with E-state index in [0.717, 1.165) is 18.6 Å². The van der Waals surface area contributed by atoms with E-state index in [1.807, 2.05) is 12.1 Å². The first-order valence-electron chi connectivity index (χ1n) is 6.62. The van der Waals surface area contributed by atoms with E-state index in [0.29, 0.717) is 13.2 Å². The van der Waals surface area contributed by atoms with Gasteiger partial charge in [0.1, 0.15) is 0 Å². The van der Waals surface area contributed by atoms with E-state index in [1.165, 1.54) is 10.8 Å². The van der Waals surface area contributed by atoms with Crippen molar-refractivity contribution in [1.29, 1.82) is 0 Å². The molecule has 0 aliphatic carbocycles. The first kappa shape index (κ1) is 14.0. The fraction of sp³-hybridized carbons (Fsp3) is 0.375. The maximum Gasteiger partial charge on any atom is 0.0659 e. The number of methoxy groups -OCH3 is 1. The Morgan fingerprint density at radius 1 is 1.05 bits per heavy atom. The van der Waals surface area contributed by atoms with Crippen LogP contribution in [0.5, 0.6) is 0 Å². The second-order valence-corrected chi connectivity index (χ2v) is 4.63. The summed E-state index contributed by atoms with van der Waals surface area (Å²) < 4.78 is 10.5. The molecule has 0 saturated carbocycles. The van der Waals surface area contributed by atoms with Crippen LogP contribution in [0.25, 0.3) is 10.8 Å². The predicted molar refractivity (Wildman–Crippen MR) is 78.2 cm³/mol. The first-order valence-corrected chi connectivity index (χ1v) is 6.62. The van der Waals surface area contributed by atoms with Crippen LogP contribution in [0, 0.1) is 0 Å². The molecule has 0 fully saturated rings. The van der Waals surface area contributed by atoms with Crippen molar-refractivity contribution in [3.05, 3.63) is 48.0 Å². The Balaban J connectivity index is 1.91. The van der Waals surface area contributed by atoms with Crippen LogP contribution < -0.4 is 5.73 Å². The molecule has 0 saturated heterocycles. The molecule has 102 valence electrons. The van der Waals surface area contributed by atoms with Crippen molar-refractivity contribution in [3.8, 4) is 0 Å². The summed E-state index contributed by atoms with van der Waals surface area (Å²) in [5.74, 6) is 0. The average Bonchev–Trinajstić information content (AvgIpc) is 2.46. The average molecular weight is 259 g/mol. The summed E-state index contributed by atoms with van der Waals surface area (Å²) in [5.41, 5.74) is 7.26. The molecule has 2 rings (SSSR count). The Morgan fingerprint density at radius 3 is 2.63 bits per heavy atom. The third kappa shape index (κ3) is 4.03. The molecular weight excluding hydrogens is 238 g/mol. The summed E-state index contributed by atoms with van der Waals surface area (Å²) in [6.07, 6.45) is 0.904. The molecule has 0 heterocycles. The fourth-order valence-corrected chi connectivity index (χ4v) is 2.05. The molecule has 1 atom stereocenters. The topological polar surface area (TPSA) is 44.5 Å². The van der Waals surface area contributed by atoms with Gasteiger partial charge in [0.25, 0.3) is 0 Å². The Kier molecular flexibility index (Phi) is 5.33. The van der Waals surface area contributed by atoms with Gasteiger partial charge in [-0.2, -0.15) is 0 Å². The van der Waals surface area contributed by atoms with E-state index in [-0.39, 0.29) is 6.04 Å². The molecule has 0 radical (unpaired) electrons. The van der Waals surface area contributed by atoms with Crippen LogP contribution in [0.4, 0.5) is 0 Å². The smallest absolute Gasteiger partial charge is 0.0659 e. The summed E-state index contributed by atoms with van der Waals surface area (Å²) in [4.78, 5) is 0. The standard InChI is InChI=1S/C16H21NO2/c1-18-9-4-10-19-12-16(17)15-8-7-13-5-2-3-6-14(13)11-15/h2-3,5-8,11,16H,4,9-10,12,17H2,1H3. The van der Waals surface area contributed by atoms with Crippen molar-refractivity contribution in [2.45, 2.75) is 12.5 Å². The maximum absolute atomic E-state index is 6.14. The van der Waals surface area contributed by atoms with E-state index in [4.69, 9.17) is 15.2 Å². The van der Waals surface area contributed by atoms with Gasteiger partial charge in [-0.3, -0.25) is 0 Å². The number of ether oxygens (including phenoxy) is 2. The highest BCUT2D eigenvalue weighted by molar-refractivity contribution is 5.83. The zero-order chi connectivity index (χ0) is 13.5. The summed E-state index contributed by atoms with van der Waals surface area (Å²) in [7, 11) is 1.70.